The van der Waals surface area contributed by atoms with Gasteiger partial charge in [0.2, 0.25) is 0 Å². The van der Waals surface area contributed by atoms with Crippen LogP contribution in [0.1, 0.15) is 23.2 Å². The Balaban J connectivity index is 2.23. The number of methoxy groups -OCH3 is 1. The fourth-order valence-electron chi connectivity index (χ4n) is 2.07. The van der Waals surface area contributed by atoms with E-state index in [1.807, 2.05) is 29.0 Å². The Morgan fingerprint density at radius 2 is 2.26 bits per heavy atom. The third kappa shape index (κ3) is 3.04. The summed E-state index contributed by atoms with van der Waals surface area (Å²) in [7, 11) is 1.38. The van der Waals surface area contributed by atoms with Gasteiger partial charge >= 0.3 is 5.97 Å². The number of aryl methyl sites for hydroxylation is 1. The molecule has 0 N–H and O–H groups in total. The molecule has 0 aliphatic carbocycles. The molecule has 4 nitrogen and oxygen atoms in total. The van der Waals surface area contributed by atoms with Gasteiger partial charge in [-0.15, -0.1) is 0 Å². The van der Waals surface area contributed by atoms with Crippen LogP contribution in [0.25, 0.3) is 10.9 Å². The normalized spacial score (nSPS) is 10.6. The molecule has 2 rings (SSSR count). The monoisotopic (exact) mass is 323 g/mol. The van der Waals surface area contributed by atoms with E-state index in [0.717, 1.165) is 21.7 Å². The molecule has 2 aromatic rings. The van der Waals surface area contributed by atoms with E-state index in [-0.39, 0.29) is 5.97 Å². The van der Waals surface area contributed by atoms with Gasteiger partial charge in [-0.1, -0.05) is 15.9 Å². The van der Waals surface area contributed by atoms with Gasteiger partial charge < -0.3 is 9.30 Å². The van der Waals surface area contributed by atoms with E-state index >= 15 is 0 Å². The summed E-state index contributed by atoms with van der Waals surface area (Å²) in [4.78, 5) is 22.1. The van der Waals surface area contributed by atoms with Gasteiger partial charge in [0.05, 0.1) is 7.11 Å². The Morgan fingerprint density at radius 3 is 2.95 bits per heavy atom. The number of carbonyl (C=O) groups excluding carboxylic acids is 2. The number of fused-ring (bicyclic) bond motifs is 1. The van der Waals surface area contributed by atoms with E-state index in [2.05, 4.69) is 20.7 Å². The first-order valence-electron chi connectivity index (χ1n) is 5.96. The first-order chi connectivity index (χ1) is 9.15. The first-order valence-corrected chi connectivity index (χ1v) is 6.75. The molecular formula is C14H14BrNO3. The number of aldehydes is 1. The van der Waals surface area contributed by atoms with Crippen LogP contribution in [0.5, 0.6) is 0 Å². The van der Waals surface area contributed by atoms with Crippen LogP contribution in [0.3, 0.4) is 0 Å². The summed E-state index contributed by atoms with van der Waals surface area (Å²) in [5, 5.41) is 0.919. The summed E-state index contributed by atoms with van der Waals surface area (Å²) in [6.07, 6.45) is 3.74. The molecule has 19 heavy (non-hydrogen) atoms. The van der Waals surface area contributed by atoms with Gasteiger partial charge in [0, 0.05) is 40.1 Å². The smallest absolute Gasteiger partial charge is 0.305 e. The largest absolute Gasteiger partial charge is 0.469 e. The van der Waals surface area contributed by atoms with Crippen molar-refractivity contribution in [2.24, 2.45) is 0 Å². The zero-order valence-corrected chi connectivity index (χ0v) is 12.1. The Labute approximate surface area is 119 Å². The molecule has 0 aliphatic heterocycles. The molecule has 0 bridgehead atoms. The van der Waals surface area contributed by atoms with Gasteiger partial charge in [0.15, 0.2) is 6.29 Å². The Kier molecular flexibility index (Phi) is 4.37. The van der Waals surface area contributed by atoms with E-state index in [0.29, 0.717) is 24.9 Å². The molecule has 1 heterocycles. The highest BCUT2D eigenvalue weighted by molar-refractivity contribution is 9.10. The summed E-state index contributed by atoms with van der Waals surface area (Å²) in [5.41, 5.74) is 1.66. The second-order valence-electron chi connectivity index (χ2n) is 4.24. The summed E-state index contributed by atoms with van der Waals surface area (Å²) < 4.78 is 7.54. The lowest BCUT2D eigenvalue weighted by Gasteiger charge is -2.04. The van der Waals surface area contributed by atoms with Crippen molar-refractivity contribution in [1.29, 1.82) is 0 Å². The van der Waals surface area contributed by atoms with E-state index in [4.69, 9.17) is 0 Å². The quantitative estimate of drug-likeness (QED) is 0.627. The maximum absolute atomic E-state index is 11.1. The van der Waals surface area contributed by atoms with Crippen LogP contribution >= 0.6 is 15.9 Å². The third-order valence-corrected chi connectivity index (χ3v) is 3.50. The molecule has 0 amide bonds. The van der Waals surface area contributed by atoms with Gasteiger partial charge in [-0.25, -0.2) is 0 Å². The standard InChI is InChI=1S/C14H14BrNO3/c1-19-14(18)3-2-6-16-8-10(9-17)12-7-11(15)4-5-13(12)16/h4-5,7-9H,2-3,6H2,1H3. The van der Waals surface area contributed by atoms with E-state index < -0.39 is 0 Å². The van der Waals surface area contributed by atoms with Gasteiger partial charge in [0.1, 0.15) is 0 Å². The Bertz CT molecular complexity index is 618. The molecule has 0 atom stereocenters. The van der Waals surface area contributed by atoms with Crippen LogP contribution in [-0.4, -0.2) is 23.9 Å². The van der Waals surface area contributed by atoms with Crippen molar-refractivity contribution in [2.45, 2.75) is 19.4 Å². The minimum Gasteiger partial charge on any atom is -0.469 e. The minimum absolute atomic E-state index is 0.213. The van der Waals surface area contributed by atoms with Crippen molar-refractivity contribution >= 4 is 39.1 Å². The van der Waals surface area contributed by atoms with Crippen molar-refractivity contribution in [3.05, 3.63) is 34.4 Å². The van der Waals surface area contributed by atoms with Crippen LogP contribution in [0.4, 0.5) is 0 Å². The summed E-state index contributed by atoms with van der Waals surface area (Å²) in [6.45, 7) is 0.682. The SMILES string of the molecule is COC(=O)CCCn1cc(C=O)c2cc(Br)ccc21. The third-order valence-electron chi connectivity index (χ3n) is 3.01. The summed E-state index contributed by atoms with van der Waals surface area (Å²) in [6, 6.07) is 5.83. The maximum atomic E-state index is 11.1. The fourth-order valence-corrected chi connectivity index (χ4v) is 2.43. The number of hydrogen-bond acceptors (Lipinski definition) is 3. The number of nitrogens with zero attached hydrogens (tertiary/aromatic N) is 1. The van der Waals surface area contributed by atoms with Crippen LogP contribution in [0.2, 0.25) is 0 Å². The Morgan fingerprint density at radius 1 is 1.47 bits per heavy atom. The number of halogens is 1. The van der Waals surface area contributed by atoms with Gasteiger partial charge in [-0.05, 0) is 24.6 Å². The molecule has 0 aliphatic rings. The molecule has 0 saturated carbocycles. The number of carbonyl (C=O) groups is 2. The van der Waals surface area contributed by atoms with E-state index in [9.17, 15) is 9.59 Å². The van der Waals surface area contributed by atoms with Crippen LogP contribution in [0, 0.1) is 0 Å². The number of aromatic nitrogens is 1. The zero-order valence-electron chi connectivity index (χ0n) is 10.6. The molecule has 0 spiro atoms. The lowest BCUT2D eigenvalue weighted by molar-refractivity contribution is -0.140. The van der Waals surface area contributed by atoms with Crippen LogP contribution in [-0.2, 0) is 16.1 Å². The van der Waals surface area contributed by atoms with Gasteiger partial charge in [-0.3, -0.25) is 9.59 Å². The highest BCUT2D eigenvalue weighted by atomic mass is 79.9. The molecule has 1 aromatic heterocycles. The second kappa shape index (κ2) is 6.02. The molecular weight excluding hydrogens is 310 g/mol. The van der Waals surface area contributed by atoms with E-state index in [1.165, 1.54) is 7.11 Å². The van der Waals surface area contributed by atoms with E-state index in [1.54, 1.807) is 0 Å². The zero-order chi connectivity index (χ0) is 13.8. The van der Waals surface area contributed by atoms with Crippen molar-refractivity contribution in [3.63, 3.8) is 0 Å². The molecule has 0 saturated heterocycles. The number of hydrogen-bond donors (Lipinski definition) is 0. The minimum atomic E-state index is -0.213. The lowest BCUT2D eigenvalue weighted by atomic mass is 10.2. The number of benzene rings is 1. The van der Waals surface area contributed by atoms with Crippen molar-refractivity contribution in [1.82, 2.24) is 4.57 Å². The summed E-state index contributed by atoms with van der Waals surface area (Å²) in [5.74, 6) is -0.213. The number of ether oxygens (including phenoxy) is 1. The average molecular weight is 324 g/mol. The number of esters is 1. The van der Waals surface area contributed by atoms with Gasteiger partial charge in [-0.2, -0.15) is 0 Å². The molecule has 100 valence electrons. The first kappa shape index (κ1) is 13.8. The number of rotatable bonds is 5. The predicted molar refractivity (Wildman–Crippen MR) is 76.3 cm³/mol. The summed E-state index contributed by atoms with van der Waals surface area (Å²) >= 11 is 3.40. The van der Waals surface area contributed by atoms with Crippen LogP contribution in [0.15, 0.2) is 28.9 Å². The average Bonchev–Trinajstić information content (AvgIpc) is 2.76. The van der Waals surface area contributed by atoms with Crippen molar-refractivity contribution in [2.75, 3.05) is 7.11 Å². The molecule has 0 unspecified atom stereocenters. The molecule has 1 aromatic carbocycles. The second-order valence-corrected chi connectivity index (χ2v) is 5.15. The van der Waals surface area contributed by atoms with Gasteiger partial charge in [0.25, 0.3) is 0 Å². The lowest BCUT2D eigenvalue weighted by Crippen LogP contribution is -2.03. The Hall–Kier alpha value is -1.62. The predicted octanol–water partition coefficient (Wildman–Crippen LogP) is 3.17. The maximum Gasteiger partial charge on any atom is 0.305 e. The van der Waals surface area contributed by atoms with Crippen molar-refractivity contribution in [3.8, 4) is 0 Å². The molecule has 0 fully saturated rings. The highest BCUT2D eigenvalue weighted by Gasteiger charge is 2.09. The fraction of sp³-hybridized carbons (Fsp3) is 0.286. The molecule has 5 heteroatoms. The van der Waals surface area contributed by atoms with Crippen LogP contribution < -0.4 is 0 Å². The molecule has 0 radical (unpaired) electrons. The highest BCUT2D eigenvalue weighted by Crippen LogP contribution is 2.24. The van der Waals surface area contributed by atoms with Crippen molar-refractivity contribution < 1.29 is 14.3 Å². The topological polar surface area (TPSA) is 48.3 Å².